The van der Waals surface area contributed by atoms with Crippen LogP contribution in [0.15, 0.2) is 5.57 Å². The van der Waals surface area contributed by atoms with Gasteiger partial charge < -0.3 is 10.2 Å². The van der Waals surface area contributed by atoms with Gasteiger partial charge in [0.15, 0.2) is 0 Å². The van der Waals surface area contributed by atoms with Gasteiger partial charge in [-0.25, -0.2) is 4.79 Å². The number of carboxylic acids is 2. The molecule has 0 spiro atoms. The zero-order valence-electron chi connectivity index (χ0n) is 5.53. The van der Waals surface area contributed by atoms with Gasteiger partial charge in [-0.05, 0) is 0 Å². The van der Waals surface area contributed by atoms with Crippen molar-refractivity contribution in [2.45, 2.75) is 12.8 Å². The van der Waals surface area contributed by atoms with Gasteiger partial charge in [-0.3, -0.25) is 9.59 Å². The Morgan fingerprint density at radius 1 is 1.09 bits per heavy atom. The second kappa shape index (κ2) is 4.24. The third-order valence-corrected chi connectivity index (χ3v) is 0.874. The van der Waals surface area contributed by atoms with Crippen LogP contribution >= 0.6 is 0 Å². The van der Waals surface area contributed by atoms with E-state index in [0.29, 0.717) is 0 Å². The van der Waals surface area contributed by atoms with E-state index in [1.165, 1.54) is 5.94 Å². The molecular weight excluding hydrogens is 152 g/mol. The van der Waals surface area contributed by atoms with Crippen molar-refractivity contribution >= 4 is 17.9 Å². The highest BCUT2D eigenvalue weighted by molar-refractivity contribution is 5.80. The molecule has 0 atom stereocenters. The predicted molar refractivity (Wildman–Crippen MR) is 33.7 cm³/mol. The van der Waals surface area contributed by atoms with Crippen LogP contribution < -0.4 is 0 Å². The van der Waals surface area contributed by atoms with Crippen LogP contribution in [-0.2, 0) is 14.4 Å². The molecule has 0 rings (SSSR count). The molecule has 0 saturated heterocycles. The SMILES string of the molecule is O=C=C(CC(=O)O)CC(=O)O. The van der Waals surface area contributed by atoms with Gasteiger partial charge in [0.1, 0.15) is 5.94 Å². The van der Waals surface area contributed by atoms with Crippen LogP contribution in [-0.4, -0.2) is 28.1 Å². The molecule has 0 saturated carbocycles. The van der Waals surface area contributed by atoms with Crippen molar-refractivity contribution in [3.63, 3.8) is 0 Å². The summed E-state index contributed by atoms with van der Waals surface area (Å²) in [5.74, 6) is -1.19. The van der Waals surface area contributed by atoms with Gasteiger partial charge in [0, 0.05) is 5.57 Å². The van der Waals surface area contributed by atoms with E-state index in [4.69, 9.17) is 10.2 Å². The topological polar surface area (TPSA) is 91.7 Å². The van der Waals surface area contributed by atoms with Gasteiger partial charge in [-0.15, -0.1) is 0 Å². The second-order valence-corrected chi connectivity index (χ2v) is 1.85. The minimum atomic E-state index is -1.23. The van der Waals surface area contributed by atoms with E-state index >= 15 is 0 Å². The third kappa shape index (κ3) is 4.87. The van der Waals surface area contributed by atoms with Gasteiger partial charge in [0.25, 0.3) is 0 Å². The molecule has 0 bridgehead atoms. The zero-order valence-corrected chi connectivity index (χ0v) is 5.53. The Hall–Kier alpha value is -1.61. The van der Waals surface area contributed by atoms with Crippen molar-refractivity contribution in [1.29, 1.82) is 0 Å². The molecular formula is C6H6O5. The van der Waals surface area contributed by atoms with Crippen LogP contribution in [0, 0.1) is 0 Å². The van der Waals surface area contributed by atoms with Crippen molar-refractivity contribution in [3.8, 4) is 0 Å². The lowest BCUT2D eigenvalue weighted by Gasteiger charge is -1.92. The van der Waals surface area contributed by atoms with Gasteiger partial charge in [-0.1, -0.05) is 0 Å². The zero-order chi connectivity index (χ0) is 8.85. The number of carbonyl (C=O) groups excluding carboxylic acids is 1. The van der Waals surface area contributed by atoms with Crippen LogP contribution in [0.25, 0.3) is 0 Å². The van der Waals surface area contributed by atoms with E-state index in [-0.39, 0.29) is 5.57 Å². The second-order valence-electron chi connectivity index (χ2n) is 1.85. The number of carbonyl (C=O) groups is 2. The smallest absolute Gasteiger partial charge is 0.308 e. The average Bonchev–Trinajstić information content (AvgIpc) is 1.84. The highest BCUT2D eigenvalue weighted by Gasteiger charge is 2.08. The predicted octanol–water partition coefficient (Wildman–Crippen LogP) is -0.306. The number of hydrogen-bond acceptors (Lipinski definition) is 3. The van der Waals surface area contributed by atoms with Crippen LogP contribution in [0.1, 0.15) is 12.8 Å². The molecule has 0 aliphatic heterocycles. The van der Waals surface area contributed by atoms with Gasteiger partial charge in [0.2, 0.25) is 0 Å². The van der Waals surface area contributed by atoms with E-state index in [1.807, 2.05) is 0 Å². The maximum Gasteiger partial charge on any atom is 0.308 e. The lowest BCUT2D eigenvalue weighted by molar-refractivity contribution is -0.136. The molecule has 0 aromatic rings. The van der Waals surface area contributed by atoms with Gasteiger partial charge in [0.05, 0.1) is 12.8 Å². The number of aliphatic carboxylic acids is 2. The minimum Gasteiger partial charge on any atom is -0.481 e. The lowest BCUT2D eigenvalue weighted by Crippen LogP contribution is -2.03. The third-order valence-electron chi connectivity index (χ3n) is 0.874. The molecule has 60 valence electrons. The van der Waals surface area contributed by atoms with Gasteiger partial charge in [-0.2, -0.15) is 0 Å². The van der Waals surface area contributed by atoms with Crippen LogP contribution in [0.2, 0.25) is 0 Å². The summed E-state index contributed by atoms with van der Waals surface area (Å²) in [4.78, 5) is 29.8. The molecule has 0 amide bonds. The molecule has 0 aromatic heterocycles. The van der Waals surface area contributed by atoms with E-state index < -0.39 is 24.8 Å². The molecule has 0 aromatic carbocycles. The molecule has 11 heavy (non-hydrogen) atoms. The fraction of sp³-hybridized carbons (Fsp3) is 0.333. The molecule has 0 unspecified atom stereocenters. The van der Waals surface area contributed by atoms with Crippen LogP contribution in [0.3, 0.4) is 0 Å². The summed E-state index contributed by atoms with van der Waals surface area (Å²) in [5, 5.41) is 16.3. The number of carboxylic acid groups (broad SMARTS) is 2. The fourth-order valence-electron chi connectivity index (χ4n) is 0.500. The highest BCUT2D eigenvalue weighted by Crippen LogP contribution is 2.01. The first kappa shape index (κ1) is 9.39. The minimum absolute atomic E-state index is 0.259. The Kier molecular flexibility index (Phi) is 3.62. The Morgan fingerprint density at radius 3 is 1.64 bits per heavy atom. The molecule has 0 aliphatic carbocycles. The van der Waals surface area contributed by atoms with E-state index in [2.05, 4.69) is 0 Å². The average molecular weight is 158 g/mol. The first-order chi connectivity index (χ1) is 5.06. The number of rotatable bonds is 4. The Morgan fingerprint density at radius 2 is 1.45 bits per heavy atom. The van der Waals surface area contributed by atoms with Crippen molar-refractivity contribution < 1.29 is 24.6 Å². The lowest BCUT2D eigenvalue weighted by atomic mass is 10.1. The molecule has 5 nitrogen and oxygen atoms in total. The molecule has 0 fully saturated rings. The molecule has 0 aliphatic rings. The van der Waals surface area contributed by atoms with Gasteiger partial charge >= 0.3 is 11.9 Å². The number of hydrogen-bond donors (Lipinski definition) is 2. The summed E-state index contributed by atoms with van der Waals surface area (Å²) < 4.78 is 0. The summed E-state index contributed by atoms with van der Waals surface area (Å²) in [7, 11) is 0. The summed E-state index contributed by atoms with van der Waals surface area (Å²) >= 11 is 0. The Balaban J connectivity index is 4.10. The summed E-state index contributed by atoms with van der Waals surface area (Å²) in [6.07, 6.45) is -1.12. The maximum atomic E-state index is 9.96. The van der Waals surface area contributed by atoms with Crippen LogP contribution in [0.4, 0.5) is 0 Å². The van der Waals surface area contributed by atoms with E-state index in [9.17, 15) is 14.4 Å². The standard InChI is InChI=1S/C6H6O5/c7-3-4(1-5(8)9)2-6(10)11/h1-2H2,(H,8,9)(H,10,11). The van der Waals surface area contributed by atoms with Crippen molar-refractivity contribution in [2.75, 3.05) is 0 Å². The first-order valence-electron chi connectivity index (χ1n) is 2.72. The summed E-state index contributed by atoms with van der Waals surface area (Å²) in [5.41, 5.74) is -0.259. The quantitative estimate of drug-likeness (QED) is 0.547. The Bertz CT molecular complexity index is 205. The fourth-order valence-corrected chi connectivity index (χ4v) is 0.500. The van der Waals surface area contributed by atoms with E-state index in [0.717, 1.165) is 0 Å². The first-order valence-corrected chi connectivity index (χ1v) is 2.72. The maximum absolute atomic E-state index is 9.96. The molecule has 2 N–H and O–H groups in total. The van der Waals surface area contributed by atoms with Crippen molar-refractivity contribution in [2.24, 2.45) is 0 Å². The molecule has 0 radical (unpaired) electrons. The largest absolute Gasteiger partial charge is 0.481 e. The Labute approximate surface area is 61.9 Å². The van der Waals surface area contributed by atoms with Crippen molar-refractivity contribution in [1.82, 2.24) is 0 Å². The normalized spacial score (nSPS) is 8.36. The van der Waals surface area contributed by atoms with Crippen molar-refractivity contribution in [3.05, 3.63) is 5.57 Å². The molecule has 5 heteroatoms. The monoisotopic (exact) mass is 158 g/mol. The summed E-state index contributed by atoms with van der Waals surface area (Å²) in [6, 6.07) is 0. The highest BCUT2D eigenvalue weighted by atomic mass is 16.4. The molecule has 0 heterocycles. The van der Waals surface area contributed by atoms with Crippen LogP contribution in [0.5, 0.6) is 0 Å². The summed E-state index contributed by atoms with van der Waals surface area (Å²) in [6.45, 7) is 0. The van der Waals surface area contributed by atoms with E-state index in [1.54, 1.807) is 0 Å².